The van der Waals surface area contributed by atoms with E-state index < -0.39 is 0 Å². The van der Waals surface area contributed by atoms with Crippen LogP contribution in [0.3, 0.4) is 0 Å². The molecule has 0 atom stereocenters. The van der Waals surface area contributed by atoms with Gasteiger partial charge in [-0.3, -0.25) is 4.79 Å². The number of nitrogens with zero attached hydrogens (tertiary/aromatic N) is 2. The van der Waals surface area contributed by atoms with Crippen molar-refractivity contribution >= 4 is 17.5 Å². The highest BCUT2D eigenvalue weighted by Gasteiger charge is 2.20. The van der Waals surface area contributed by atoms with Gasteiger partial charge in [0.2, 0.25) is 0 Å². The highest BCUT2D eigenvalue weighted by Crippen LogP contribution is 2.31. The minimum atomic E-state index is -0.159. The first kappa shape index (κ1) is 21.6. The lowest BCUT2D eigenvalue weighted by molar-refractivity contribution is 0.0793. The first-order valence-electron chi connectivity index (χ1n) is 9.45. The van der Waals surface area contributed by atoms with Crippen LogP contribution in [0.4, 0.5) is 0 Å². The van der Waals surface area contributed by atoms with Crippen LogP contribution in [0.25, 0.3) is 5.69 Å². The Bertz CT molecular complexity index is 1020. The maximum Gasteiger partial charge on any atom is 0.257 e. The zero-order valence-corrected chi connectivity index (χ0v) is 18.3. The van der Waals surface area contributed by atoms with Gasteiger partial charge in [-0.1, -0.05) is 17.7 Å². The van der Waals surface area contributed by atoms with Gasteiger partial charge in [-0.15, -0.1) is 0 Å². The van der Waals surface area contributed by atoms with Crippen LogP contribution in [0.5, 0.6) is 17.2 Å². The van der Waals surface area contributed by atoms with E-state index in [9.17, 15) is 4.79 Å². The summed E-state index contributed by atoms with van der Waals surface area (Å²) in [5.41, 5.74) is 2.22. The molecule has 0 spiro atoms. The first-order chi connectivity index (χ1) is 14.5. The molecule has 7 heteroatoms. The molecule has 0 aliphatic rings. The largest absolute Gasteiger partial charge is 0.496 e. The third kappa shape index (κ3) is 4.54. The molecule has 2 aromatic carbocycles. The van der Waals surface area contributed by atoms with Crippen molar-refractivity contribution in [3.05, 3.63) is 71.0 Å². The normalized spacial score (nSPS) is 10.6. The van der Waals surface area contributed by atoms with E-state index in [2.05, 4.69) is 0 Å². The number of likely N-dealkylation sites (N-methyl/N-ethyl adjacent to an activating group) is 1. The fourth-order valence-corrected chi connectivity index (χ4v) is 3.47. The molecule has 158 valence electrons. The third-order valence-electron chi connectivity index (χ3n) is 4.91. The summed E-state index contributed by atoms with van der Waals surface area (Å²) in [6.45, 7) is 0.522. The molecule has 6 nitrogen and oxygen atoms in total. The molecular weight excluding hydrogens is 404 g/mol. The number of rotatable bonds is 8. The average molecular weight is 429 g/mol. The maximum atomic E-state index is 13.1. The van der Waals surface area contributed by atoms with Crippen LogP contribution in [-0.4, -0.2) is 50.3 Å². The van der Waals surface area contributed by atoms with Crippen LogP contribution < -0.4 is 14.2 Å². The predicted octanol–water partition coefficient (Wildman–Crippen LogP) is 4.47. The number of benzene rings is 2. The Balaban J connectivity index is 1.76. The molecule has 0 saturated heterocycles. The number of aromatic nitrogens is 1. The van der Waals surface area contributed by atoms with E-state index in [1.54, 1.807) is 45.4 Å². The van der Waals surface area contributed by atoms with Crippen LogP contribution in [0, 0.1) is 0 Å². The summed E-state index contributed by atoms with van der Waals surface area (Å²) in [5, 5.41) is 0.476. The van der Waals surface area contributed by atoms with E-state index in [0.29, 0.717) is 40.8 Å². The first-order valence-corrected chi connectivity index (χ1v) is 9.83. The molecule has 1 amide bonds. The zero-order chi connectivity index (χ0) is 21.7. The lowest BCUT2D eigenvalue weighted by atomic mass is 10.1. The summed E-state index contributed by atoms with van der Waals surface area (Å²) < 4.78 is 18.0. The molecule has 3 aromatic rings. The fraction of sp³-hybridized carbons (Fsp3) is 0.261. The number of carbonyl (C=O) groups excluding carboxylic acids is 1. The Morgan fingerprint density at radius 3 is 2.27 bits per heavy atom. The van der Waals surface area contributed by atoms with E-state index in [0.717, 1.165) is 11.3 Å². The fourth-order valence-electron chi connectivity index (χ4n) is 3.21. The summed E-state index contributed by atoms with van der Waals surface area (Å²) >= 11 is 6.46. The van der Waals surface area contributed by atoms with Gasteiger partial charge in [-0.05, 0) is 42.3 Å². The molecule has 0 bridgehead atoms. The van der Waals surface area contributed by atoms with Crippen molar-refractivity contribution in [2.24, 2.45) is 0 Å². The maximum absolute atomic E-state index is 13.1. The third-order valence-corrected chi connectivity index (χ3v) is 5.22. The zero-order valence-electron chi connectivity index (χ0n) is 17.5. The Hall–Kier alpha value is -3.12. The van der Waals surface area contributed by atoms with Gasteiger partial charge in [-0.2, -0.15) is 0 Å². The Kier molecular flexibility index (Phi) is 6.90. The molecule has 0 aliphatic heterocycles. The van der Waals surface area contributed by atoms with E-state index in [4.69, 9.17) is 25.8 Å². The molecule has 1 aromatic heterocycles. The van der Waals surface area contributed by atoms with Gasteiger partial charge >= 0.3 is 0 Å². The van der Waals surface area contributed by atoms with Crippen molar-refractivity contribution in [3.63, 3.8) is 0 Å². The number of amides is 1. The van der Waals surface area contributed by atoms with Crippen molar-refractivity contribution in [1.82, 2.24) is 9.47 Å². The van der Waals surface area contributed by atoms with Crippen LogP contribution in [-0.2, 0) is 6.42 Å². The Morgan fingerprint density at radius 1 is 0.967 bits per heavy atom. The van der Waals surface area contributed by atoms with Gasteiger partial charge in [-0.25, -0.2) is 0 Å². The van der Waals surface area contributed by atoms with Crippen molar-refractivity contribution in [3.8, 4) is 22.9 Å². The number of carbonyl (C=O) groups is 1. The van der Waals surface area contributed by atoms with Crippen LogP contribution in [0.2, 0.25) is 5.02 Å². The van der Waals surface area contributed by atoms with Gasteiger partial charge in [0.15, 0.2) is 11.5 Å². The van der Waals surface area contributed by atoms with Gasteiger partial charge in [0, 0.05) is 32.1 Å². The second kappa shape index (κ2) is 9.59. The van der Waals surface area contributed by atoms with Gasteiger partial charge < -0.3 is 23.7 Å². The summed E-state index contributed by atoms with van der Waals surface area (Å²) in [6.07, 6.45) is 4.44. The van der Waals surface area contributed by atoms with E-state index in [1.165, 1.54) is 0 Å². The molecule has 0 fully saturated rings. The topological polar surface area (TPSA) is 52.9 Å². The SMILES string of the molecule is COc1ccc(CCN(C)C(=O)c2cc(Cl)c(-n3cccc3)cc2OC)cc1OC. The Labute approximate surface area is 181 Å². The monoisotopic (exact) mass is 428 g/mol. The number of methoxy groups -OCH3 is 3. The van der Waals surface area contributed by atoms with E-state index in [1.807, 2.05) is 47.3 Å². The van der Waals surface area contributed by atoms with Crippen molar-refractivity contribution < 1.29 is 19.0 Å². The second-order valence-electron chi connectivity index (χ2n) is 6.76. The minimum Gasteiger partial charge on any atom is -0.496 e. The van der Waals surface area contributed by atoms with Gasteiger partial charge in [0.25, 0.3) is 5.91 Å². The van der Waals surface area contributed by atoms with E-state index >= 15 is 0 Å². The number of hydrogen-bond donors (Lipinski definition) is 0. The summed E-state index contributed by atoms with van der Waals surface area (Å²) in [7, 11) is 6.51. The average Bonchev–Trinajstić information content (AvgIpc) is 3.31. The molecular formula is C23H25ClN2O4. The summed E-state index contributed by atoms with van der Waals surface area (Å²) in [6, 6.07) is 13.0. The van der Waals surface area contributed by atoms with Gasteiger partial charge in [0.1, 0.15) is 5.75 Å². The quantitative estimate of drug-likeness (QED) is 0.531. The second-order valence-corrected chi connectivity index (χ2v) is 7.17. The highest BCUT2D eigenvalue weighted by atomic mass is 35.5. The van der Waals surface area contributed by atoms with Crippen molar-refractivity contribution in [2.75, 3.05) is 34.9 Å². The van der Waals surface area contributed by atoms with Crippen LogP contribution >= 0.6 is 11.6 Å². The van der Waals surface area contributed by atoms with Crippen molar-refractivity contribution in [2.45, 2.75) is 6.42 Å². The van der Waals surface area contributed by atoms with Crippen molar-refractivity contribution in [1.29, 1.82) is 0 Å². The lowest BCUT2D eigenvalue weighted by Gasteiger charge is -2.20. The standard InChI is InChI=1S/C23H25ClN2O4/c1-25(12-9-16-7-8-20(28-2)22(13-16)30-4)23(27)17-14-18(24)19(15-21(17)29-3)26-10-5-6-11-26/h5-8,10-11,13-15H,9,12H2,1-4H3. The van der Waals surface area contributed by atoms with Gasteiger partial charge in [0.05, 0.1) is 37.6 Å². The van der Waals surface area contributed by atoms with Crippen LogP contribution in [0.1, 0.15) is 15.9 Å². The molecule has 0 aliphatic carbocycles. The molecule has 1 heterocycles. The summed E-state index contributed by atoms with van der Waals surface area (Å²) in [4.78, 5) is 14.7. The van der Waals surface area contributed by atoms with Crippen LogP contribution in [0.15, 0.2) is 54.9 Å². The minimum absolute atomic E-state index is 0.159. The smallest absolute Gasteiger partial charge is 0.257 e. The number of ether oxygens (including phenoxy) is 3. The molecule has 0 unspecified atom stereocenters. The molecule has 0 saturated carbocycles. The molecule has 0 radical (unpaired) electrons. The highest BCUT2D eigenvalue weighted by molar-refractivity contribution is 6.33. The number of hydrogen-bond acceptors (Lipinski definition) is 4. The van der Waals surface area contributed by atoms with E-state index in [-0.39, 0.29) is 5.91 Å². The predicted molar refractivity (Wildman–Crippen MR) is 118 cm³/mol. The molecule has 3 rings (SSSR count). The number of halogens is 1. The lowest BCUT2D eigenvalue weighted by Crippen LogP contribution is -2.29. The Morgan fingerprint density at radius 2 is 1.63 bits per heavy atom. The molecule has 30 heavy (non-hydrogen) atoms. The molecule has 0 N–H and O–H groups in total. The summed E-state index contributed by atoms with van der Waals surface area (Å²) in [5.74, 6) is 1.66.